The molecule has 0 saturated heterocycles. The third-order valence-corrected chi connectivity index (χ3v) is 6.75. The van der Waals surface area contributed by atoms with Gasteiger partial charge in [-0.25, -0.2) is 4.79 Å². The maximum absolute atomic E-state index is 14.5. The molecule has 4 N–H and O–H groups in total. The summed E-state index contributed by atoms with van der Waals surface area (Å²) < 4.78 is 5.50. The van der Waals surface area contributed by atoms with E-state index in [1.54, 1.807) is 56.9 Å². The zero-order valence-electron chi connectivity index (χ0n) is 27.1. The lowest BCUT2D eigenvalue weighted by Crippen LogP contribution is -2.55. The van der Waals surface area contributed by atoms with Gasteiger partial charge in [0.15, 0.2) is 0 Å². The van der Waals surface area contributed by atoms with Crippen molar-refractivity contribution in [3.63, 3.8) is 0 Å². The summed E-state index contributed by atoms with van der Waals surface area (Å²) in [5.74, 6) is -0.621. The summed E-state index contributed by atoms with van der Waals surface area (Å²) >= 11 is 0. The van der Waals surface area contributed by atoms with Crippen LogP contribution in [0.3, 0.4) is 0 Å². The molecule has 0 radical (unpaired) electrons. The van der Waals surface area contributed by atoms with Gasteiger partial charge >= 0.3 is 6.09 Å². The van der Waals surface area contributed by atoms with Gasteiger partial charge in [-0.05, 0) is 95.8 Å². The molecular formula is C34H51N3O6. The fourth-order valence-electron chi connectivity index (χ4n) is 4.73. The third-order valence-electron chi connectivity index (χ3n) is 6.75. The molecule has 2 aromatic rings. The molecule has 238 valence electrons. The Kier molecular flexibility index (Phi) is 12.9. The lowest BCUT2D eigenvalue weighted by Gasteiger charge is -2.36. The van der Waals surface area contributed by atoms with E-state index in [9.17, 15) is 24.6 Å². The second-order valence-corrected chi connectivity index (χ2v) is 13.2. The first-order valence-corrected chi connectivity index (χ1v) is 15.2. The summed E-state index contributed by atoms with van der Waals surface area (Å²) in [6.07, 6.45) is 4.06. The Balaban J connectivity index is 2.61. The molecule has 9 nitrogen and oxygen atoms in total. The average Bonchev–Trinajstić information content (AvgIpc) is 2.88. The van der Waals surface area contributed by atoms with Gasteiger partial charge in [0.1, 0.15) is 29.2 Å². The van der Waals surface area contributed by atoms with Crippen LogP contribution >= 0.6 is 0 Å². The molecule has 0 aliphatic heterocycles. The van der Waals surface area contributed by atoms with Crippen molar-refractivity contribution in [2.75, 3.05) is 6.54 Å². The summed E-state index contributed by atoms with van der Waals surface area (Å²) in [5.41, 5.74) is 0.491. The van der Waals surface area contributed by atoms with Crippen molar-refractivity contribution in [1.82, 2.24) is 15.5 Å². The van der Waals surface area contributed by atoms with E-state index in [2.05, 4.69) is 17.6 Å². The number of nitrogens with zero attached hydrogens (tertiary/aromatic N) is 1. The van der Waals surface area contributed by atoms with Gasteiger partial charge in [0.25, 0.3) is 0 Å². The first kappa shape index (κ1) is 35.4. The molecule has 2 atom stereocenters. The number of carbonyl (C=O) groups excluding carboxylic acids is 3. The van der Waals surface area contributed by atoms with Crippen molar-refractivity contribution in [2.45, 2.75) is 117 Å². The van der Waals surface area contributed by atoms with Gasteiger partial charge in [0, 0.05) is 18.5 Å². The van der Waals surface area contributed by atoms with Crippen molar-refractivity contribution in [3.8, 4) is 11.5 Å². The maximum Gasteiger partial charge on any atom is 0.408 e. The quantitative estimate of drug-likeness (QED) is 0.201. The molecular weight excluding hydrogens is 546 g/mol. The van der Waals surface area contributed by atoms with Gasteiger partial charge < -0.3 is 30.5 Å². The SMILES string of the molecule is CCCCCCCN(C(=O)C(Cc1ccc(O)cc1)NC(=O)OC(C)(C)C)C(C(=O)NC(C)(C)C)c1ccc(O)c(C)c1. The first-order valence-electron chi connectivity index (χ1n) is 15.2. The number of amides is 3. The van der Waals surface area contributed by atoms with Gasteiger partial charge in [-0.2, -0.15) is 0 Å². The topological polar surface area (TPSA) is 128 Å². The molecule has 0 spiro atoms. The van der Waals surface area contributed by atoms with Gasteiger partial charge in [0.2, 0.25) is 11.8 Å². The molecule has 3 amide bonds. The Labute approximate surface area is 257 Å². The predicted octanol–water partition coefficient (Wildman–Crippen LogP) is 6.30. The molecule has 0 fully saturated rings. The number of ether oxygens (including phenoxy) is 1. The number of hydrogen-bond acceptors (Lipinski definition) is 6. The molecule has 0 aliphatic rings. The van der Waals surface area contributed by atoms with Gasteiger partial charge in [-0.15, -0.1) is 0 Å². The Morgan fingerprint density at radius 2 is 1.53 bits per heavy atom. The van der Waals surface area contributed by atoms with Gasteiger partial charge in [-0.3, -0.25) is 9.59 Å². The standard InChI is InChI=1S/C34H51N3O6/c1-9-10-11-12-13-20-37(29(30(40)36-33(3,4)5)25-16-19-28(39)23(2)21-25)31(41)27(35-32(42)43-34(6,7)8)22-24-14-17-26(38)18-15-24/h14-19,21,27,29,38-39H,9-13,20,22H2,1-8H3,(H,35,42)(H,36,40). The number of carbonyl (C=O) groups is 3. The highest BCUT2D eigenvalue weighted by Gasteiger charge is 2.37. The second-order valence-electron chi connectivity index (χ2n) is 13.2. The molecule has 0 aromatic heterocycles. The number of hydrogen-bond donors (Lipinski definition) is 4. The minimum Gasteiger partial charge on any atom is -0.508 e. The highest BCUT2D eigenvalue weighted by Crippen LogP contribution is 2.29. The Morgan fingerprint density at radius 1 is 0.907 bits per heavy atom. The smallest absolute Gasteiger partial charge is 0.408 e. The van der Waals surface area contributed by atoms with E-state index in [0.29, 0.717) is 23.1 Å². The van der Waals surface area contributed by atoms with Crippen LogP contribution < -0.4 is 10.6 Å². The Morgan fingerprint density at radius 3 is 2.09 bits per heavy atom. The number of aromatic hydroxyl groups is 2. The normalized spacial score (nSPS) is 13.1. The number of nitrogens with one attached hydrogen (secondary N) is 2. The van der Waals surface area contributed by atoms with Crippen molar-refractivity contribution in [3.05, 3.63) is 59.2 Å². The Hall–Kier alpha value is -3.75. The molecule has 0 aliphatic carbocycles. The van der Waals surface area contributed by atoms with Crippen molar-refractivity contribution in [1.29, 1.82) is 0 Å². The van der Waals surface area contributed by atoms with Crippen molar-refractivity contribution in [2.24, 2.45) is 0 Å². The maximum atomic E-state index is 14.5. The van der Waals surface area contributed by atoms with Gasteiger partial charge in [0.05, 0.1) is 0 Å². The Bertz CT molecular complexity index is 1210. The van der Waals surface area contributed by atoms with E-state index in [4.69, 9.17) is 4.74 Å². The van der Waals surface area contributed by atoms with E-state index in [1.807, 2.05) is 20.8 Å². The van der Waals surface area contributed by atoms with Crippen LogP contribution in [0.5, 0.6) is 11.5 Å². The fraction of sp³-hybridized carbons (Fsp3) is 0.559. The van der Waals surface area contributed by atoms with Gasteiger partial charge in [-0.1, -0.05) is 50.8 Å². The molecule has 0 saturated carbocycles. The zero-order valence-corrected chi connectivity index (χ0v) is 27.1. The van der Waals surface area contributed by atoms with Crippen molar-refractivity contribution >= 4 is 17.9 Å². The average molecular weight is 598 g/mol. The van der Waals surface area contributed by atoms with E-state index in [-0.39, 0.29) is 30.4 Å². The number of unbranched alkanes of at least 4 members (excludes halogenated alkanes) is 4. The van der Waals surface area contributed by atoms with E-state index < -0.39 is 35.2 Å². The summed E-state index contributed by atoms with van der Waals surface area (Å²) in [6.45, 7) is 15.0. The minimum absolute atomic E-state index is 0.0852. The molecule has 2 unspecified atom stereocenters. The van der Waals surface area contributed by atoms with E-state index >= 15 is 0 Å². The molecule has 0 bridgehead atoms. The lowest BCUT2D eigenvalue weighted by atomic mass is 9.97. The summed E-state index contributed by atoms with van der Waals surface area (Å²) in [5, 5.41) is 25.8. The minimum atomic E-state index is -1.06. The molecule has 9 heteroatoms. The second kappa shape index (κ2) is 15.6. The molecule has 2 aromatic carbocycles. The van der Waals surface area contributed by atoms with Crippen LogP contribution in [0.4, 0.5) is 4.79 Å². The number of phenols is 2. The third kappa shape index (κ3) is 12.2. The molecule has 0 heterocycles. The number of rotatable bonds is 13. The highest BCUT2D eigenvalue weighted by atomic mass is 16.6. The van der Waals surface area contributed by atoms with Crippen molar-refractivity contribution < 1.29 is 29.3 Å². The molecule has 2 rings (SSSR count). The largest absolute Gasteiger partial charge is 0.508 e. The van der Waals surface area contributed by atoms with Crippen LogP contribution in [-0.2, 0) is 20.7 Å². The van der Waals surface area contributed by atoms with Crippen LogP contribution in [0, 0.1) is 6.92 Å². The lowest BCUT2D eigenvalue weighted by molar-refractivity contribution is -0.143. The van der Waals surface area contributed by atoms with Crippen LogP contribution in [0.2, 0.25) is 0 Å². The summed E-state index contributed by atoms with van der Waals surface area (Å²) in [4.78, 5) is 43.0. The van der Waals surface area contributed by atoms with E-state index in [1.165, 1.54) is 18.2 Å². The highest BCUT2D eigenvalue weighted by molar-refractivity contribution is 5.92. The fourth-order valence-corrected chi connectivity index (χ4v) is 4.73. The molecule has 43 heavy (non-hydrogen) atoms. The summed E-state index contributed by atoms with van der Waals surface area (Å²) in [6, 6.07) is 9.25. The monoisotopic (exact) mass is 597 g/mol. The summed E-state index contributed by atoms with van der Waals surface area (Å²) in [7, 11) is 0. The van der Waals surface area contributed by atoms with Crippen LogP contribution in [0.15, 0.2) is 42.5 Å². The predicted molar refractivity (Wildman–Crippen MR) is 169 cm³/mol. The van der Waals surface area contributed by atoms with Crippen LogP contribution in [0.1, 0.15) is 103 Å². The number of phenolic OH excluding ortho intramolecular Hbond substituents is 2. The zero-order chi connectivity index (χ0) is 32.4. The van der Waals surface area contributed by atoms with Crippen LogP contribution in [-0.4, -0.2) is 56.7 Å². The number of aryl methyl sites for hydroxylation is 1. The first-order chi connectivity index (χ1) is 20.0. The number of alkyl carbamates (subject to hydrolysis) is 1. The van der Waals surface area contributed by atoms with E-state index in [0.717, 1.165) is 25.7 Å². The van der Waals surface area contributed by atoms with Crippen LogP contribution in [0.25, 0.3) is 0 Å². The number of benzene rings is 2.